The number of anilines is 1. The summed E-state index contributed by atoms with van der Waals surface area (Å²) in [7, 11) is 0. The van der Waals surface area contributed by atoms with Crippen LogP contribution in [0.5, 0.6) is 0 Å². The number of ketones is 1. The topological polar surface area (TPSA) is 46.9 Å². The minimum atomic E-state index is -0.178. The van der Waals surface area contributed by atoms with E-state index < -0.39 is 0 Å². The zero-order valence-electron chi connectivity index (χ0n) is 20.0. The Bertz CT molecular complexity index is 1090. The van der Waals surface area contributed by atoms with E-state index in [-0.39, 0.29) is 22.8 Å². The van der Waals surface area contributed by atoms with Gasteiger partial charge in [0.15, 0.2) is 5.78 Å². The standard InChI is InChI=1S/C28H35N3O/c1-6-28(7-2,22-15-11-12-20(3)16-22)18-25(32)23-19-29-31-26(23)30-24(17-27(31,4)5)21-13-9-8-10-14-21/h8-16,19,24,30H,6-7,17-18H2,1-5H3. The lowest BCUT2D eigenvalue weighted by molar-refractivity contribution is 0.0944. The van der Waals surface area contributed by atoms with Crippen molar-refractivity contribution < 1.29 is 4.79 Å². The van der Waals surface area contributed by atoms with Crippen molar-refractivity contribution >= 4 is 11.6 Å². The highest BCUT2D eigenvalue weighted by Gasteiger charge is 2.38. The van der Waals surface area contributed by atoms with Crippen molar-refractivity contribution in [2.45, 2.75) is 77.3 Å². The summed E-state index contributed by atoms with van der Waals surface area (Å²) in [4.78, 5) is 13.7. The summed E-state index contributed by atoms with van der Waals surface area (Å²) in [6.07, 6.45) is 5.02. The van der Waals surface area contributed by atoms with Crippen molar-refractivity contribution in [3.05, 3.63) is 83.0 Å². The Morgan fingerprint density at radius 1 is 1.12 bits per heavy atom. The Balaban J connectivity index is 1.68. The third-order valence-electron chi connectivity index (χ3n) is 7.34. The fourth-order valence-corrected chi connectivity index (χ4v) is 5.23. The molecule has 1 N–H and O–H groups in total. The first-order valence-corrected chi connectivity index (χ1v) is 11.8. The molecule has 168 valence electrons. The molecule has 0 saturated carbocycles. The van der Waals surface area contributed by atoms with E-state index in [0.29, 0.717) is 12.0 Å². The molecule has 2 aromatic carbocycles. The monoisotopic (exact) mass is 429 g/mol. The summed E-state index contributed by atoms with van der Waals surface area (Å²) in [6, 6.07) is 19.3. The molecule has 3 aromatic rings. The molecular formula is C28H35N3O. The second kappa shape index (κ2) is 8.57. The minimum absolute atomic E-state index is 0.154. The molecule has 0 spiro atoms. The Morgan fingerprint density at radius 3 is 2.50 bits per heavy atom. The van der Waals surface area contributed by atoms with Gasteiger partial charge in [-0.1, -0.05) is 74.0 Å². The van der Waals surface area contributed by atoms with E-state index in [1.165, 1.54) is 16.7 Å². The molecule has 0 aliphatic carbocycles. The quantitative estimate of drug-likeness (QED) is 0.419. The number of hydrogen-bond acceptors (Lipinski definition) is 3. The molecule has 1 aliphatic rings. The number of rotatable bonds is 7. The number of Topliss-reactive ketones (excluding diaryl/α,β-unsaturated/α-hetero) is 1. The normalized spacial score (nSPS) is 17.5. The second-order valence-corrected chi connectivity index (χ2v) is 9.90. The van der Waals surface area contributed by atoms with E-state index in [1.807, 2.05) is 10.7 Å². The fraction of sp³-hybridized carbons (Fsp3) is 0.429. The average Bonchev–Trinajstić information content (AvgIpc) is 3.23. The maximum atomic E-state index is 13.7. The number of fused-ring (bicyclic) bond motifs is 1. The average molecular weight is 430 g/mol. The second-order valence-electron chi connectivity index (χ2n) is 9.90. The van der Waals surface area contributed by atoms with Crippen LogP contribution in [0, 0.1) is 6.92 Å². The predicted molar refractivity (Wildman–Crippen MR) is 131 cm³/mol. The lowest BCUT2D eigenvalue weighted by atomic mass is 9.71. The summed E-state index contributed by atoms with van der Waals surface area (Å²) in [5.41, 5.74) is 4.09. The fourth-order valence-electron chi connectivity index (χ4n) is 5.23. The highest BCUT2D eigenvalue weighted by Crippen LogP contribution is 2.42. The third-order valence-corrected chi connectivity index (χ3v) is 7.34. The number of benzene rings is 2. The van der Waals surface area contributed by atoms with E-state index in [2.05, 4.69) is 93.6 Å². The number of hydrogen-bond donors (Lipinski definition) is 1. The number of aryl methyl sites for hydroxylation is 1. The van der Waals surface area contributed by atoms with Crippen molar-refractivity contribution in [1.29, 1.82) is 0 Å². The van der Waals surface area contributed by atoms with Crippen LogP contribution in [0.3, 0.4) is 0 Å². The van der Waals surface area contributed by atoms with Crippen molar-refractivity contribution in [3.8, 4) is 0 Å². The molecule has 0 saturated heterocycles. The Kier molecular flexibility index (Phi) is 5.98. The Morgan fingerprint density at radius 2 is 1.84 bits per heavy atom. The SMILES string of the molecule is CCC(CC)(CC(=O)c1cnn2c1NC(c1ccccc1)CC2(C)C)c1cccc(C)c1. The van der Waals surface area contributed by atoms with Crippen molar-refractivity contribution in [3.63, 3.8) is 0 Å². The van der Waals surface area contributed by atoms with Crippen molar-refractivity contribution in [2.75, 3.05) is 5.32 Å². The number of carbonyl (C=O) groups is 1. The van der Waals surface area contributed by atoms with Gasteiger partial charge in [0.25, 0.3) is 0 Å². The highest BCUT2D eigenvalue weighted by atomic mass is 16.1. The predicted octanol–water partition coefficient (Wildman–Crippen LogP) is 6.81. The van der Waals surface area contributed by atoms with Crippen LogP contribution in [-0.2, 0) is 11.0 Å². The Labute approximate surface area is 192 Å². The van der Waals surface area contributed by atoms with Crippen LogP contribution in [-0.4, -0.2) is 15.6 Å². The van der Waals surface area contributed by atoms with Gasteiger partial charge in [-0.25, -0.2) is 4.68 Å². The maximum Gasteiger partial charge on any atom is 0.169 e. The summed E-state index contributed by atoms with van der Waals surface area (Å²) >= 11 is 0. The maximum absolute atomic E-state index is 13.7. The van der Waals surface area contributed by atoms with E-state index in [0.717, 1.165) is 25.1 Å². The summed E-state index contributed by atoms with van der Waals surface area (Å²) in [5.74, 6) is 1.01. The number of nitrogens with zero attached hydrogens (tertiary/aromatic N) is 2. The molecule has 2 heterocycles. The van der Waals surface area contributed by atoms with E-state index >= 15 is 0 Å². The zero-order chi connectivity index (χ0) is 22.9. The van der Waals surface area contributed by atoms with Gasteiger partial charge in [0.2, 0.25) is 0 Å². The molecule has 32 heavy (non-hydrogen) atoms. The molecule has 0 radical (unpaired) electrons. The lowest BCUT2D eigenvalue weighted by Gasteiger charge is -2.38. The summed E-state index contributed by atoms with van der Waals surface area (Å²) < 4.78 is 2.01. The van der Waals surface area contributed by atoms with Crippen molar-refractivity contribution in [2.24, 2.45) is 0 Å². The highest BCUT2D eigenvalue weighted by molar-refractivity contribution is 6.01. The van der Waals surface area contributed by atoms with Crippen molar-refractivity contribution in [1.82, 2.24) is 9.78 Å². The molecule has 0 bridgehead atoms. The Hall–Kier alpha value is -2.88. The molecule has 1 unspecified atom stereocenters. The minimum Gasteiger partial charge on any atom is -0.363 e. The van der Waals surface area contributed by atoms with Crippen LogP contribution in [0.15, 0.2) is 60.8 Å². The zero-order valence-corrected chi connectivity index (χ0v) is 20.0. The smallest absolute Gasteiger partial charge is 0.169 e. The van der Waals surface area contributed by atoms with E-state index in [9.17, 15) is 4.79 Å². The first-order valence-electron chi connectivity index (χ1n) is 11.8. The van der Waals surface area contributed by atoms with Gasteiger partial charge in [0.1, 0.15) is 5.82 Å². The molecule has 1 atom stereocenters. The first-order chi connectivity index (χ1) is 15.3. The largest absolute Gasteiger partial charge is 0.363 e. The van der Waals surface area contributed by atoms with Crippen LogP contribution >= 0.6 is 0 Å². The molecular weight excluding hydrogens is 394 g/mol. The molecule has 4 heteroatoms. The van der Waals surface area contributed by atoms with Gasteiger partial charge in [-0.2, -0.15) is 5.10 Å². The van der Waals surface area contributed by atoms with Crippen LogP contribution in [0.2, 0.25) is 0 Å². The molecule has 1 aromatic heterocycles. The molecule has 0 amide bonds. The van der Waals surface area contributed by atoms with E-state index in [4.69, 9.17) is 0 Å². The third kappa shape index (κ3) is 3.99. The number of carbonyl (C=O) groups excluding carboxylic acids is 1. The molecule has 4 rings (SSSR count). The van der Waals surface area contributed by atoms with Gasteiger partial charge in [-0.05, 0) is 51.2 Å². The molecule has 0 fully saturated rings. The summed E-state index contributed by atoms with van der Waals surface area (Å²) in [5, 5.41) is 8.31. The van der Waals surface area contributed by atoms with Gasteiger partial charge in [-0.3, -0.25) is 4.79 Å². The number of aromatic nitrogens is 2. The van der Waals surface area contributed by atoms with E-state index in [1.54, 1.807) is 6.20 Å². The van der Waals surface area contributed by atoms with Crippen LogP contribution in [0.4, 0.5) is 5.82 Å². The van der Waals surface area contributed by atoms with Gasteiger partial charge in [-0.15, -0.1) is 0 Å². The molecule has 4 nitrogen and oxygen atoms in total. The first kappa shape index (κ1) is 22.3. The van der Waals surface area contributed by atoms with Gasteiger partial charge < -0.3 is 5.32 Å². The van der Waals surface area contributed by atoms with Gasteiger partial charge in [0.05, 0.1) is 23.3 Å². The van der Waals surface area contributed by atoms with Crippen LogP contribution in [0.1, 0.15) is 86.5 Å². The molecule has 1 aliphatic heterocycles. The van der Waals surface area contributed by atoms with Crippen LogP contribution in [0.25, 0.3) is 0 Å². The summed E-state index contributed by atoms with van der Waals surface area (Å²) in [6.45, 7) is 10.9. The number of nitrogens with one attached hydrogen (secondary N) is 1. The lowest BCUT2D eigenvalue weighted by Crippen LogP contribution is -2.38. The van der Waals surface area contributed by atoms with Gasteiger partial charge >= 0.3 is 0 Å². The van der Waals surface area contributed by atoms with Gasteiger partial charge in [0, 0.05) is 11.8 Å². The van der Waals surface area contributed by atoms with Crippen LogP contribution < -0.4 is 5.32 Å².